The van der Waals surface area contributed by atoms with Crippen LogP contribution in [-0.2, 0) is 11.3 Å². The number of nitrogens with one attached hydrogen (secondary N) is 3. The number of ether oxygens (including phenoxy) is 2. The van der Waals surface area contributed by atoms with Crippen molar-refractivity contribution in [1.29, 1.82) is 0 Å². The van der Waals surface area contributed by atoms with Crippen LogP contribution >= 0.6 is 0 Å². The van der Waals surface area contributed by atoms with Gasteiger partial charge in [0.1, 0.15) is 32.7 Å². The smallest absolute Gasteiger partial charge is 0.275 e. The molecule has 1 fully saturated rings. The lowest BCUT2D eigenvalue weighted by Crippen LogP contribution is -3.28. The Hall–Kier alpha value is -1.79. The molecule has 1 aliphatic rings. The van der Waals surface area contributed by atoms with E-state index in [1.165, 1.54) is 16.0 Å². The predicted octanol–water partition coefficient (Wildman–Crippen LogP) is 0.237. The first-order valence-electron chi connectivity index (χ1n) is 11.0. The second kappa shape index (κ2) is 11.4. The third-order valence-corrected chi connectivity index (χ3v) is 5.94. The molecule has 1 heterocycles. The zero-order valence-corrected chi connectivity index (χ0v) is 19.2. The molecule has 1 aliphatic heterocycles. The van der Waals surface area contributed by atoms with Crippen LogP contribution in [0.1, 0.15) is 44.7 Å². The van der Waals surface area contributed by atoms with Crippen molar-refractivity contribution >= 4 is 5.91 Å². The van der Waals surface area contributed by atoms with Crippen LogP contribution in [0.5, 0.6) is 11.5 Å². The van der Waals surface area contributed by atoms with Crippen molar-refractivity contribution in [3.8, 4) is 11.5 Å². The maximum atomic E-state index is 12.4. The van der Waals surface area contributed by atoms with Crippen molar-refractivity contribution in [2.24, 2.45) is 5.92 Å². The number of methoxy groups -OCH3 is 2. The molecule has 0 saturated carbocycles. The minimum absolute atomic E-state index is 0.190. The highest BCUT2D eigenvalue weighted by atomic mass is 16.5. The Kier molecular flexibility index (Phi) is 9.24. The van der Waals surface area contributed by atoms with Crippen LogP contribution in [0, 0.1) is 12.8 Å². The summed E-state index contributed by atoms with van der Waals surface area (Å²) in [6.07, 6.45) is 2.22. The van der Waals surface area contributed by atoms with Gasteiger partial charge in [0.15, 0.2) is 18.0 Å². The van der Waals surface area contributed by atoms with Gasteiger partial charge in [-0.15, -0.1) is 0 Å². The third-order valence-electron chi connectivity index (χ3n) is 5.94. The van der Waals surface area contributed by atoms with Gasteiger partial charge in [0.05, 0.1) is 14.2 Å². The number of aryl methyl sites for hydroxylation is 1. The Balaban J connectivity index is 1.78. The molecule has 1 amide bonds. The van der Waals surface area contributed by atoms with Gasteiger partial charge >= 0.3 is 0 Å². The van der Waals surface area contributed by atoms with Gasteiger partial charge in [0, 0.05) is 11.6 Å². The molecule has 164 valence electrons. The molecular weight excluding hydrogens is 366 g/mol. The molecular formula is C23H41N3O3+2. The monoisotopic (exact) mass is 407 g/mol. The van der Waals surface area contributed by atoms with Crippen LogP contribution in [0.25, 0.3) is 0 Å². The highest BCUT2D eigenvalue weighted by Gasteiger charge is 2.26. The second-order valence-corrected chi connectivity index (χ2v) is 8.93. The third kappa shape index (κ3) is 7.52. The van der Waals surface area contributed by atoms with Crippen LogP contribution in [0.2, 0.25) is 0 Å². The highest BCUT2D eigenvalue weighted by molar-refractivity contribution is 5.77. The van der Waals surface area contributed by atoms with E-state index < -0.39 is 0 Å². The maximum absolute atomic E-state index is 12.4. The first kappa shape index (κ1) is 23.5. The van der Waals surface area contributed by atoms with Gasteiger partial charge < -0.3 is 24.6 Å². The molecule has 0 unspecified atom stereocenters. The first-order valence-corrected chi connectivity index (χ1v) is 11.0. The maximum Gasteiger partial charge on any atom is 0.275 e. The fraction of sp³-hybridized carbons (Fsp3) is 0.696. The van der Waals surface area contributed by atoms with Crippen molar-refractivity contribution in [1.82, 2.24) is 5.32 Å². The summed E-state index contributed by atoms with van der Waals surface area (Å²) in [5.74, 6) is 2.45. The van der Waals surface area contributed by atoms with Gasteiger partial charge in [-0.2, -0.15) is 0 Å². The van der Waals surface area contributed by atoms with Crippen LogP contribution in [0.15, 0.2) is 12.1 Å². The van der Waals surface area contributed by atoms with Crippen LogP contribution in [-0.4, -0.2) is 58.9 Å². The SMILES string of the molecule is COc1cc(C)c(C[NH+]2CC[NH+](CC(=O)N[C@@H](C)CCC(C)C)CC2)cc1OC. The summed E-state index contributed by atoms with van der Waals surface area (Å²) in [5, 5.41) is 3.17. The summed E-state index contributed by atoms with van der Waals surface area (Å²) < 4.78 is 10.9. The van der Waals surface area contributed by atoms with Gasteiger partial charge in [-0.1, -0.05) is 13.8 Å². The summed E-state index contributed by atoms with van der Waals surface area (Å²) in [7, 11) is 3.35. The van der Waals surface area contributed by atoms with E-state index >= 15 is 0 Å². The number of benzene rings is 1. The lowest BCUT2D eigenvalue weighted by molar-refractivity contribution is -1.02. The summed E-state index contributed by atoms with van der Waals surface area (Å²) >= 11 is 0. The van der Waals surface area contributed by atoms with Gasteiger partial charge in [-0.3, -0.25) is 4.79 Å². The highest BCUT2D eigenvalue weighted by Crippen LogP contribution is 2.29. The molecule has 6 heteroatoms. The lowest BCUT2D eigenvalue weighted by Gasteiger charge is -2.30. The van der Waals surface area contributed by atoms with Crippen molar-refractivity contribution in [2.75, 3.05) is 46.9 Å². The van der Waals surface area contributed by atoms with E-state index in [1.807, 2.05) is 0 Å². The van der Waals surface area contributed by atoms with E-state index in [0.717, 1.165) is 57.1 Å². The second-order valence-electron chi connectivity index (χ2n) is 8.93. The Morgan fingerprint density at radius 1 is 1.00 bits per heavy atom. The van der Waals surface area contributed by atoms with Gasteiger partial charge in [-0.05, 0) is 50.3 Å². The fourth-order valence-electron chi connectivity index (χ4n) is 4.00. The number of carbonyl (C=O) groups excluding carboxylic acids is 1. The molecule has 0 aliphatic carbocycles. The summed E-state index contributed by atoms with van der Waals surface area (Å²) in [4.78, 5) is 15.3. The molecule has 0 radical (unpaired) electrons. The van der Waals surface area contributed by atoms with E-state index in [-0.39, 0.29) is 11.9 Å². The molecule has 1 aromatic carbocycles. The molecule has 3 N–H and O–H groups in total. The predicted molar refractivity (Wildman–Crippen MR) is 116 cm³/mol. The topological polar surface area (TPSA) is 56.4 Å². The number of rotatable bonds is 10. The van der Waals surface area contributed by atoms with E-state index in [1.54, 1.807) is 19.1 Å². The summed E-state index contributed by atoms with van der Waals surface area (Å²) in [6, 6.07) is 4.43. The molecule has 1 saturated heterocycles. The van der Waals surface area contributed by atoms with Crippen molar-refractivity contribution < 1.29 is 24.1 Å². The number of quaternary nitrogens is 2. The van der Waals surface area contributed by atoms with Crippen molar-refractivity contribution in [3.63, 3.8) is 0 Å². The van der Waals surface area contributed by atoms with Crippen LogP contribution in [0.4, 0.5) is 0 Å². The minimum Gasteiger partial charge on any atom is -0.493 e. The molecule has 1 atom stereocenters. The van der Waals surface area contributed by atoms with E-state index in [9.17, 15) is 4.79 Å². The molecule has 0 spiro atoms. The molecule has 0 aromatic heterocycles. The fourth-order valence-corrected chi connectivity index (χ4v) is 4.00. The normalized spacial score (nSPS) is 20.4. The van der Waals surface area contributed by atoms with Gasteiger partial charge in [0.25, 0.3) is 5.91 Å². The Morgan fingerprint density at radius 3 is 2.17 bits per heavy atom. The van der Waals surface area contributed by atoms with Gasteiger partial charge in [-0.25, -0.2) is 0 Å². The molecule has 2 rings (SSSR count). The van der Waals surface area contributed by atoms with Crippen molar-refractivity contribution in [2.45, 2.75) is 53.1 Å². The standard InChI is InChI=1S/C23H39N3O3/c1-17(2)7-8-19(4)24-23(27)16-26-11-9-25(10-12-26)15-20-14-22(29-6)21(28-5)13-18(20)3/h13-14,17,19H,7-12,15-16H2,1-6H3,(H,24,27)/p+2/t19-/m0/s1. The molecule has 0 bridgehead atoms. The van der Waals surface area contributed by atoms with E-state index in [4.69, 9.17) is 9.47 Å². The molecule has 6 nitrogen and oxygen atoms in total. The first-order chi connectivity index (χ1) is 13.8. The molecule has 29 heavy (non-hydrogen) atoms. The summed E-state index contributed by atoms with van der Waals surface area (Å²) in [5.41, 5.74) is 2.54. The van der Waals surface area contributed by atoms with Gasteiger partial charge in [0.2, 0.25) is 0 Å². The van der Waals surface area contributed by atoms with E-state index in [0.29, 0.717) is 12.5 Å². The molecule has 1 aromatic rings. The van der Waals surface area contributed by atoms with Crippen molar-refractivity contribution in [3.05, 3.63) is 23.3 Å². The Bertz CT molecular complexity index is 655. The van der Waals surface area contributed by atoms with Crippen LogP contribution < -0.4 is 24.6 Å². The summed E-state index contributed by atoms with van der Waals surface area (Å²) in [6.45, 7) is 14.5. The largest absolute Gasteiger partial charge is 0.493 e. The minimum atomic E-state index is 0.190. The number of hydrogen-bond acceptors (Lipinski definition) is 3. The Labute approximate surface area is 176 Å². The zero-order valence-electron chi connectivity index (χ0n) is 19.2. The van der Waals surface area contributed by atoms with E-state index in [2.05, 4.69) is 45.1 Å². The number of amides is 1. The number of piperazine rings is 1. The zero-order chi connectivity index (χ0) is 21.4. The Morgan fingerprint density at radius 2 is 1.59 bits per heavy atom. The quantitative estimate of drug-likeness (QED) is 0.521. The van der Waals surface area contributed by atoms with Crippen LogP contribution in [0.3, 0.4) is 0 Å². The number of hydrogen-bond donors (Lipinski definition) is 3. The lowest BCUT2D eigenvalue weighted by atomic mass is 10.0. The average Bonchev–Trinajstić information content (AvgIpc) is 2.68. The number of carbonyl (C=O) groups is 1. The average molecular weight is 408 g/mol.